The van der Waals surface area contributed by atoms with Gasteiger partial charge in [0.25, 0.3) is 5.91 Å². The van der Waals surface area contributed by atoms with Crippen LogP contribution in [0, 0.1) is 0 Å². The van der Waals surface area contributed by atoms with Crippen LogP contribution in [0.5, 0.6) is 5.88 Å². The molecule has 1 aliphatic heterocycles. The van der Waals surface area contributed by atoms with Crippen molar-refractivity contribution in [3.63, 3.8) is 0 Å². The van der Waals surface area contributed by atoms with Gasteiger partial charge in [0.2, 0.25) is 5.88 Å². The number of aromatic nitrogens is 3. The molecule has 1 atom stereocenters. The van der Waals surface area contributed by atoms with E-state index < -0.39 is 0 Å². The molecule has 0 aromatic carbocycles. The van der Waals surface area contributed by atoms with Crippen molar-refractivity contribution in [2.75, 3.05) is 26.7 Å². The lowest BCUT2D eigenvalue weighted by Gasteiger charge is -2.32. The summed E-state index contributed by atoms with van der Waals surface area (Å²) in [5.74, 6) is 0.342. The Kier molecular flexibility index (Phi) is 6.51. The van der Waals surface area contributed by atoms with E-state index in [2.05, 4.69) is 32.2 Å². The van der Waals surface area contributed by atoms with Gasteiger partial charge in [-0.3, -0.25) is 9.78 Å². The molecule has 1 fully saturated rings. The number of nitrogens with zero attached hydrogens (tertiary/aromatic N) is 4. The van der Waals surface area contributed by atoms with Gasteiger partial charge in [-0.15, -0.1) is 11.3 Å². The van der Waals surface area contributed by atoms with Gasteiger partial charge in [-0.05, 0) is 39.8 Å². The summed E-state index contributed by atoms with van der Waals surface area (Å²) in [7, 11) is 2.16. The summed E-state index contributed by atoms with van der Waals surface area (Å²) >= 11 is 1.32. The fourth-order valence-corrected chi connectivity index (χ4v) is 3.91. The molecule has 1 amide bonds. The molecule has 8 heteroatoms. The highest BCUT2D eigenvalue weighted by Gasteiger charge is 2.19. The molecule has 0 saturated carbocycles. The third-order valence-corrected chi connectivity index (χ3v) is 5.56. The standard InChI is InChI=1S/C18H25N5O2S/c1-3-25-16-12-19-10-14(22-16)15-11-21-18(26-15)17(24)20-8-7-13-6-4-5-9-23(13)2/h10-13H,3-9H2,1-2H3,(H,20,24)/t13-/m1/s1. The number of hydrogen-bond donors (Lipinski definition) is 1. The van der Waals surface area contributed by atoms with E-state index in [1.54, 1.807) is 18.6 Å². The van der Waals surface area contributed by atoms with Gasteiger partial charge in [-0.25, -0.2) is 9.97 Å². The van der Waals surface area contributed by atoms with Crippen LogP contribution in [0.4, 0.5) is 0 Å². The molecule has 2 aromatic heterocycles. The van der Waals surface area contributed by atoms with E-state index in [-0.39, 0.29) is 5.91 Å². The van der Waals surface area contributed by atoms with E-state index in [0.29, 0.717) is 35.8 Å². The number of thiazole rings is 1. The molecule has 1 aliphatic rings. The van der Waals surface area contributed by atoms with Crippen LogP contribution in [0.2, 0.25) is 0 Å². The van der Waals surface area contributed by atoms with E-state index in [0.717, 1.165) is 17.8 Å². The van der Waals surface area contributed by atoms with E-state index in [1.165, 1.54) is 30.6 Å². The second-order valence-corrected chi connectivity index (χ2v) is 7.41. The predicted octanol–water partition coefficient (Wildman–Crippen LogP) is 2.60. The Labute approximate surface area is 157 Å². The van der Waals surface area contributed by atoms with E-state index >= 15 is 0 Å². The summed E-state index contributed by atoms with van der Waals surface area (Å²) in [6.45, 7) is 4.25. The molecule has 26 heavy (non-hydrogen) atoms. The number of rotatable bonds is 7. The maximum atomic E-state index is 12.3. The van der Waals surface area contributed by atoms with Crippen molar-refractivity contribution in [3.8, 4) is 16.5 Å². The van der Waals surface area contributed by atoms with Gasteiger partial charge in [0.1, 0.15) is 5.69 Å². The van der Waals surface area contributed by atoms with Crippen LogP contribution in [0.3, 0.4) is 0 Å². The molecule has 0 radical (unpaired) electrons. The smallest absolute Gasteiger partial charge is 0.280 e. The van der Waals surface area contributed by atoms with Crippen LogP contribution in [-0.4, -0.2) is 58.5 Å². The van der Waals surface area contributed by atoms with Crippen molar-refractivity contribution in [3.05, 3.63) is 23.6 Å². The molecule has 0 unspecified atom stereocenters. The van der Waals surface area contributed by atoms with Crippen LogP contribution in [-0.2, 0) is 0 Å². The van der Waals surface area contributed by atoms with Crippen molar-refractivity contribution in [1.82, 2.24) is 25.2 Å². The zero-order valence-electron chi connectivity index (χ0n) is 15.3. The van der Waals surface area contributed by atoms with Gasteiger partial charge in [0, 0.05) is 18.8 Å². The van der Waals surface area contributed by atoms with Gasteiger partial charge in [0.05, 0.1) is 23.9 Å². The summed E-state index contributed by atoms with van der Waals surface area (Å²) in [5, 5.41) is 3.43. The third kappa shape index (κ3) is 4.76. The average Bonchev–Trinajstić information content (AvgIpc) is 3.14. The third-order valence-electron chi connectivity index (χ3n) is 4.54. The largest absolute Gasteiger partial charge is 0.477 e. The maximum Gasteiger partial charge on any atom is 0.280 e. The van der Waals surface area contributed by atoms with Gasteiger partial charge in [-0.1, -0.05) is 6.42 Å². The molecular formula is C18H25N5O2S. The summed E-state index contributed by atoms with van der Waals surface area (Å²) in [4.78, 5) is 28.3. The normalized spacial score (nSPS) is 17.8. The minimum Gasteiger partial charge on any atom is -0.477 e. The molecule has 0 spiro atoms. The quantitative estimate of drug-likeness (QED) is 0.801. The van der Waals surface area contributed by atoms with Crippen molar-refractivity contribution in [2.24, 2.45) is 0 Å². The molecular weight excluding hydrogens is 350 g/mol. The molecule has 3 rings (SSSR count). The topological polar surface area (TPSA) is 80.2 Å². The van der Waals surface area contributed by atoms with Gasteiger partial charge < -0.3 is 15.0 Å². The zero-order chi connectivity index (χ0) is 18.4. The zero-order valence-corrected chi connectivity index (χ0v) is 16.1. The van der Waals surface area contributed by atoms with Crippen LogP contribution < -0.4 is 10.1 Å². The summed E-state index contributed by atoms with van der Waals surface area (Å²) in [5.41, 5.74) is 0.663. The number of hydrogen-bond acceptors (Lipinski definition) is 7. The Morgan fingerprint density at radius 2 is 2.27 bits per heavy atom. The Balaban J connectivity index is 1.55. The first-order chi connectivity index (χ1) is 12.7. The molecule has 3 heterocycles. The predicted molar refractivity (Wildman–Crippen MR) is 102 cm³/mol. The lowest BCUT2D eigenvalue weighted by molar-refractivity contribution is 0.0945. The summed E-state index contributed by atoms with van der Waals surface area (Å²) < 4.78 is 5.37. The second-order valence-electron chi connectivity index (χ2n) is 6.38. The van der Waals surface area contributed by atoms with Gasteiger partial charge in [0.15, 0.2) is 5.01 Å². The number of nitrogens with one attached hydrogen (secondary N) is 1. The van der Waals surface area contributed by atoms with E-state index in [1.807, 2.05) is 6.92 Å². The maximum absolute atomic E-state index is 12.3. The lowest BCUT2D eigenvalue weighted by atomic mass is 10.0. The Morgan fingerprint density at radius 1 is 1.38 bits per heavy atom. The minimum atomic E-state index is -0.131. The first kappa shape index (κ1) is 18.7. The molecule has 0 aliphatic carbocycles. The highest BCUT2D eigenvalue weighted by Crippen LogP contribution is 2.25. The number of carbonyl (C=O) groups excluding carboxylic acids is 1. The van der Waals surface area contributed by atoms with Crippen molar-refractivity contribution < 1.29 is 9.53 Å². The molecule has 0 bridgehead atoms. The molecule has 7 nitrogen and oxygen atoms in total. The highest BCUT2D eigenvalue weighted by molar-refractivity contribution is 7.16. The molecule has 140 valence electrons. The summed E-state index contributed by atoms with van der Waals surface area (Å²) in [6, 6.07) is 0.562. The fourth-order valence-electron chi connectivity index (χ4n) is 3.12. The van der Waals surface area contributed by atoms with Crippen LogP contribution >= 0.6 is 11.3 Å². The van der Waals surface area contributed by atoms with Crippen molar-refractivity contribution >= 4 is 17.2 Å². The Hall–Kier alpha value is -2.06. The molecule has 1 N–H and O–H groups in total. The Morgan fingerprint density at radius 3 is 3.08 bits per heavy atom. The van der Waals surface area contributed by atoms with Gasteiger partial charge in [-0.2, -0.15) is 0 Å². The van der Waals surface area contributed by atoms with E-state index in [9.17, 15) is 4.79 Å². The minimum absolute atomic E-state index is 0.131. The number of piperidine rings is 1. The van der Waals surface area contributed by atoms with Crippen molar-refractivity contribution in [1.29, 1.82) is 0 Å². The SMILES string of the molecule is CCOc1cncc(-c2cnc(C(=O)NCC[C@H]3CCCCN3C)s2)n1. The first-order valence-electron chi connectivity index (χ1n) is 9.07. The van der Waals surface area contributed by atoms with E-state index in [4.69, 9.17) is 4.74 Å². The monoisotopic (exact) mass is 375 g/mol. The fraction of sp³-hybridized carbons (Fsp3) is 0.556. The molecule has 2 aromatic rings. The highest BCUT2D eigenvalue weighted by atomic mass is 32.1. The van der Waals surface area contributed by atoms with Crippen LogP contribution in [0.25, 0.3) is 10.6 Å². The number of ether oxygens (including phenoxy) is 1. The molecule has 1 saturated heterocycles. The first-order valence-corrected chi connectivity index (χ1v) is 9.88. The number of carbonyl (C=O) groups is 1. The average molecular weight is 375 g/mol. The Bertz CT molecular complexity index is 736. The second kappa shape index (κ2) is 9.05. The summed E-state index contributed by atoms with van der Waals surface area (Å²) in [6.07, 6.45) is 9.62. The van der Waals surface area contributed by atoms with Gasteiger partial charge >= 0.3 is 0 Å². The van der Waals surface area contributed by atoms with Crippen LogP contribution in [0.15, 0.2) is 18.6 Å². The van der Waals surface area contributed by atoms with Crippen molar-refractivity contribution in [2.45, 2.75) is 38.6 Å². The number of likely N-dealkylation sites (tertiary alicyclic amines) is 1. The van der Waals surface area contributed by atoms with Crippen LogP contribution in [0.1, 0.15) is 42.4 Å². The number of amides is 1. The lowest BCUT2D eigenvalue weighted by Crippen LogP contribution is -2.39.